The molecule has 17 heavy (non-hydrogen) atoms. The number of nitrogens with one attached hydrogen (secondary N) is 1. The molecule has 0 saturated carbocycles. The van der Waals surface area contributed by atoms with Crippen molar-refractivity contribution in [3.05, 3.63) is 16.1 Å². The average Bonchev–Trinajstić information content (AvgIpc) is 2.68. The van der Waals surface area contributed by atoms with Gasteiger partial charge in [0.25, 0.3) is 0 Å². The van der Waals surface area contributed by atoms with Gasteiger partial charge in [-0.2, -0.15) is 0 Å². The predicted octanol–water partition coefficient (Wildman–Crippen LogP) is 2.20. The molecule has 0 spiro atoms. The lowest BCUT2D eigenvalue weighted by Gasteiger charge is -2.17. The van der Waals surface area contributed by atoms with Crippen molar-refractivity contribution < 1.29 is 0 Å². The third kappa shape index (κ3) is 6.15. The zero-order valence-corrected chi connectivity index (χ0v) is 12.0. The van der Waals surface area contributed by atoms with Crippen molar-refractivity contribution in [2.24, 2.45) is 17.6 Å². The molecule has 1 rings (SSSR count). The van der Waals surface area contributed by atoms with Gasteiger partial charge >= 0.3 is 0 Å². The van der Waals surface area contributed by atoms with E-state index in [2.05, 4.69) is 36.5 Å². The molecular weight excluding hydrogens is 230 g/mol. The first-order chi connectivity index (χ1) is 8.11. The Kier molecular flexibility index (Phi) is 6.70. The molecule has 1 aromatic heterocycles. The summed E-state index contributed by atoms with van der Waals surface area (Å²) in [6.07, 6.45) is 2.22. The Morgan fingerprint density at radius 2 is 2.24 bits per heavy atom. The average molecular weight is 255 g/mol. The fourth-order valence-electron chi connectivity index (χ4n) is 1.98. The van der Waals surface area contributed by atoms with Crippen LogP contribution in [-0.2, 0) is 6.42 Å². The summed E-state index contributed by atoms with van der Waals surface area (Å²) in [5, 5.41) is 6.78. The van der Waals surface area contributed by atoms with Crippen LogP contribution >= 0.6 is 11.3 Å². The molecule has 1 unspecified atom stereocenters. The molecule has 0 aliphatic rings. The van der Waals surface area contributed by atoms with Gasteiger partial charge in [-0.1, -0.05) is 13.8 Å². The predicted molar refractivity (Wildman–Crippen MR) is 75.4 cm³/mol. The fourth-order valence-corrected chi connectivity index (χ4v) is 2.62. The number of thiazole rings is 1. The highest BCUT2D eigenvalue weighted by Gasteiger charge is 2.08. The lowest BCUT2D eigenvalue weighted by atomic mass is 9.97. The van der Waals surface area contributed by atoms with Gasteiger partial charge < -0.3 is 11.1 Å². The van der Waals surface area contributed by atoms with E-state index in [9.17, 15) is 0 Å². The Hall–Kier alpha value is -0.450. The van der Waals surface area contributed by atoms with Crippen molar-refractivity contribution in [3.8, 4) is 0 Å². The van der Waals surface area contributed by atoms with Gasteiger partial charge in [0.2, 0.25) is 0 Å². The van der Waals surface area contributed by atoms with Crippen LogP contribution in [-0.4, -0.2) is 24.6 Å². The molecule has 0 amide bonds. The minimum Gasteiger partial charge on any atom is -0.330 e. The topological polar surface area (TPSA) is 50.9 Å². The molecular formula is C13H25N3S. The van der Waals surface area contributed by atoms with Crippen molar-refractivity contribution in [2.45, 2.75) is 33.6 Å². The number of nitrogens with zero attached hydrogens (tertiary/aromatic N) is 1. The van der Waals surface area contributed by atoms with Gasteiger partial charge in [0.05, 0.1) is 10.7 Å². The third-order valence-corrected chi connectivity index (χ3v) is 3.62. The third-order valence-electron chi connectivity index (χ3n) is 2.80. The van der Waals surface area contributed by atoms with Crippen LogP contribution in [0.15, 0.2) is 5.38 Å². The SMILES string of the molecule is Cc1nc(CCNCC(CN)CC(C)C)cs1. The largest absolute Gasteiger partial charge is 0.330 e. The van der Waals surface area contributed by atoms with Crippen LogP contribution in [0.25, 0.3) is 0 Å². The summed E-state index contributed by atoms with van der Waals surface area (Å²) in [7, 11) is 0. The van der Waals surface area contributed by atoms with E-state index in [1.54, 1.807) is 11.3 Å². The van der Waals surface area contributed by atoms with Crippen LogP contribution in [0.4, 0.5) is 0 Å². The van der Waals surface area contributed by atoms with Crippen LogP contribution in [0, 0.1) is 18.8 Å². The van der Waals surface area contributed by atoms with Crippen molar-refractivity contribution in [1.82, 2.24) is 10.3 Å². The summed E-state index contributed by atoms with van der Waals surface area (Å²) >= 11 is 1.72. The first-order valence-electron chi connectivity index (χ1n) is 6.43. The van der Waals surface area contributed by atoms with Crippen LogP contribution < -0.4 is 11.1 Å². The van der Waals surface area contributed by atoms with Gasteiger partial charge in [0.15, 0.2) is 0 Å². The zero-order chi connectivity index (χ0) is 12.7. The Morgan fingerprint density at radius 1 is 1.47 bits per heavy atom. The van der Waals surface area contributed by atoms with Gasteiger partial charge in [0.1, 0.15) is 0 Å². The summed E-state index contributed by atoms with van der Waals surface area (Å²) in [6, 6.07) is 0. The summed E-state index contributed by atoms with van der Waals surface area (Å²) < 4.78 is 0. The first-order valence-corrected chi connectivity index (χ1v) is 7.31. The minimum absolute atomic E-state index is 0.604. The van der Waals surface area contributed by atoms with Gasteiger partial charge in [-0.15, -0.1) is 11.3 Å². The summed E-state index contributed by atoms with van der Waals surface area (Å²) in [5.41, 5.74) is 6.97. The Labute approximate surface area is 109 Å². The van der Waals surface area contributed by atoms with E-state index < -0.39 is 0 Å². The smallest absolute Gasteiger partial charge is 0.0897 e. The molecule has 0 aliphatic carbocycles. The molecule has 0 bridgehead atoms. The lowest BCUT2D eigenvalue weighted by molar-refractivity contribution is 0.395. The maximum absolute atomic E-state index is 5.77. The molecule has 0 aliphatic heterocycles. The van der Waals surface area contributed by atoms with E-state index in [-0.39, 0.29) is 0 Å². The van der Waals surface area contributed by atoms with Crippen molar-refractivity contribution in [2.75, 3.05) is 19.6 Å². The maximum atomic E-state index is 5.77. The van der Waals surface area contributed by atoms with Crippen molar-refractivity contribution in [3.63, 3.8) is 0 Å². The van der Waals surface area contributed by atoms with Crippen LogP contribution in [0.3, 0.4) is 0 Å². The highest BCUT2D eigenvalue weighted by molar-refractivity contribution is 7.09. The van der Waals surface area contributed by atoms with Crippen LogP contribution in [0.1, 0.15) is 31.0 Å². The minimum atomic E-state index is 0.604. The molecule has 1 heterocycles. The quantitative estimate of drug-likeness (QED) is 0.700. The molecule has 98 valence electrons. The molecule has 0 fully saturated rings. The summed E-state index contributed by atoms with van der Waals surface area (Å²) in [5.74, 6) is 1.33. The molecule has 3 nitrogen and oxygen atoms in total. The number of aromatic nitrogens is 1. The fraction of sp³-hybridized carbons (Fsp3) is 0.769. The highest BCUT2D eigenvalue weighted by atomic mass is 32.1. The van der Waals surface area contributed by atoms with Gasteiger partial charge in [-0.3, -0.25) is 0 Å². The molecule has 3 N–H and O–H groups in total. The molecule has 4 heteroatoms. The standard InChI is InChI=1S/C13H25N3S/c1-10(2)6-12(7-14)8-15-5-4-13-9-17-11(3)16-13/h9-10,12,15H,4-8,14H2,1-3H3. The van der Waals surface area contributed by atoms with E-state index in [1.807, 2.05) is 0 Å². The second kappa shape index (κ2) is 7.80. The Morgan fingerprint density at radius 3 is 2.76 bits per heavy atom. The summed E-state index contributed by atoms with van der Waals surface area (Å²) in [4.78, 5) is 4.45. The van der Waals surface area contributed by atoms with Crippen molar-refractivity contribution in [1.29, 1.82) is 0 Å². The molecule has 0 saturated heterocycles. The zero-order valence-electron chi connectivity index (χ0n) is 11.2. The van der Waals surface area contributed by atoms with Crippen LogP contribution in [0.2, 0.25) is 0 Å². The second-order valence-electron chi connectivity index (χ2n) is 5.04. The van der Waals surface area contributed by atoms with Gasteiger partial charge in [-0.05, 0) is 38.3 Å². The Balaban J connectivity index is 2.14. The number of rotatable bonds is 8. The second-order valence-corrected chi connectivity index (χ2v) is 6.11. The molecule has 1 aromatic rings. The number of hydrogen-bond acceptors (Lipinski definition) is 4. The van der Waals surface area contributed by atoms with E-state index in [0.717, 1.165) is 37.0 Å². The Bertz CT molecular complexity index is 309. The van der Waals surface area contributed by atoms with E-state index in [0.29, 0.717) is 5.92 Å². The monoisotopic (exact) mass is 255 g/mol. The number of nitrogens with two attached hydrogens (primary N) is 1. The first kappa shape index (κ1) is 14.6. The number of hydrogen-bond donors (Lipinski definition) is 2. The normalized spacial score (nSPS) is 13.2. The van der Waals surface area contributed by atoms with E-state index in [4.69, 9.17) is 5.73 Å². The van der Waals surface area contributed by atoms with Crippen molar-refractivity contribution >= 4 is 11.3 Å². The number of aryl methyl sites for hydroxylation is 1. The molecule has 0 radical (unpaired) electrons. The summed E-state index contributed by atoms with van der Waals surface area (Å²) in [6.45, 7) is 9.35. The highest BCUT2D eigenvalue weighted by Crippen LogP contribution is 2.10. The van der Waals surface area contributed by atoms with Gasteiger partial charge in [-0.25, -0.2) is 4.98 Å². The van der Waals surface area contributed by atoms with E-state index in [1.165, 1.54) is 12.1 Å². The molecule has 1 atom stereocenters. The van der Waals surface area contributed by atoms with E-state index >= 15 is 0 Å². The molecule has 0 aromatic carbocycles. The van der Waals surface area contributed by atoms with Gasteiger partial charge in [0, 0.05) is 18.3 Å². The lowest BCUT2D eigenvalue weighted by Crippen LogP contribution is -2.30. The maximum Gasteiger partial charge on any atom is 0.0897 e. The van der Waals surface area contributed by atoms with Crippen LogP contribution in [0.5, 0.6) is 0 Å².